The summed E-state index contributed by atoms with van der Waals surface area (Å²) < 4.78 is 16.7. The Bertz CT molecular complexity index is 975. The minimum atomic E-state index is 0.862. The predicted octanol–water partition coefficient (Wildman–Crippen LogP) is 5.08. The molecule has 0 atom stereocenters. The van der Waals surface area contributed by atoms with Crippen LogP contribution in [0, 0.1) is 0 Å². The maximum Gasteiger partial charge on any atom is 0.145 e. The van der Waals surface area contributed by atoms with Crippen molar-refractivity contribution >= 4 is 43.7 Å². The van der Waals surface area contributed by atoms with Gasteiger partial charge in [0.25, 0.3) is 0 Å². The van der Waals surface area contributed by atoms with Crippen molar-refractivity contribution in [3.05, 3.63) is 49.1 Å². The summed E-state index contributed by atoms with van der Waals surface area (Å²) in [5.41, 5.74) is 2.60. The van der Waals surface area contributed by atoms with Crippen LogP contribution in [0.15, 0.2) is 62.4 Å². The summed E-state index contributed by atoms with van der Waals surface area (Å²) >= 11 is 0. The molecule has 0 fully saturated rings. The fourth-order valence-electron chi connectivity index (χ4n) is 2.85. The maximum atomic E-state index is 5.64. The molecular weight excluding hydrogens is 240 g/mol. The lowest BCUT2D eigenvalue weighted by molar-refractivity contribution is 0.613. The molecule has 0 aliphatic carbocycles. The normalized spacial score (nSPS) is 12.2. The van der Waals surface area contributed by atoms with E-state index in [0.717, 1.165) is 43.7 Å². The van der Waals surface area contributed by atoms with E-state index in [0.29, 0.717) is 0 Å². The standard InChI is InChI=1S/C16H8O3/c1-4-17-14-8-12-10-2-5-18-15(10)11-3-6-19-16(11)13(12)7-9(1)14/h1-8H. The number of furan rings is 3. The molecule has 5 rings (SSSR count). The van der Waals surface area contributed by atoms with Gasteiger partial charge in [0.1, 0.15) is 16.7 Å². The van der Waals surface area contributed by atoms with E-state index in [1.807, 2.05) is 24.3 Å². The number of hydrogen-bond acceptors (Lipinski definition) is 3. The predicted molar refractivity (Wildman–Crippen MR) is 73.3 cm³/mol. The smallest absolute Gasteiger partial charge is 0.145 e. The Labute approximate surface area is 107 Å². The monoisotopic (exact) mass is 248 g/mol. The fourth-order valence-corrected chi connectivity index (χ4v) is 2.85. The minimum Gasteiger partial charge on any atom is -0.464 e. The molecule has 0 radical (unpaired) electrons. The van der Waals surface area contributed by atoms with Crippen LogP contribution in [0.4, 0.5) is 0 Å². The number of benzene rings is 2. The Morgan fingerprint density at radius 3 is 2.21 bits per heavy atom. The first-order valence-electron chi connectivity index (χ1n) is 6.09. The third-order valence-electron chi connectivity index (χ3n) is 3.70. The first-order chi connectivity index (χ1) is 9.42. The highest BCUT2D eigenvalue weighted by atomic mass is 16.3. The lowest BCUT2D eigenvalue weighted by atomic mass is 10.0. The van der Waals surface area contributed by atoms with Gasteiger partial charge in [-0.05, 0) is 30.3 Å². The van der Waals surface area contributed by atoms with E-state index in [4.69, 9.17) is 13.3 Å². The van der Waals surface area contributed by atoms with Crippen molar-refractivity contribution in [2.45, 2.75) is 0 Å². The SMILES string of the molecule is c1cc2cc3c(cc2o1)c1ccoc1c1ccoc31. The number of fused-ring (bicyclic) bond motifs is 7. The Balaban J connectivity index is 2.23. The van der Waals surface area contributed by atoms with Gasteiger partial charge in [0, 0.05) is 21.5 Å². The molecule has 2 aromatic carbocycles. The zero-order valence-corrected chi connectivity index (χ0v) is 9.84. The second-order valence-corrected chi connectivity index (χ2v) is 4.68. The molecule has 90 valence electrons. The first-order valence-corrected chi connectivity index (χ1v) is 6.09. The van der Waals surface area contributed by atoms with E-state index >= 15 is 0 Å². The van der Waals surface area contributed by atoms with Crippen molar-refractivity contribution in [1.29, 1.82) is 0 Å². The van der Waals surface area contributed by atoms with Gasteiger partial charge in [0.15, 0.2) is 0 Å². The average molecular weight is 248 g/mol. The van der Waals surface area contributed by atoms with E-state index in [1.54, 1.807) is 18.8 Å². The second-order valence-electron chi connectivity index (χ2n) is 4.68. The van der Waals surface area contributed by atoms with Gasteiger partial charge in [0.2, 0.25) is 0 Å². The molecule has 3 nitrogen and oxygen atoms in total. The van der Waals surface area contributed by atoms with Crippen LogP contribution >= 0.6 is 0 Å². The molecule has 3 aromatic heterocycles. The van der Waals surface area contributed by atoms with Gasteiger partial charge in [-0.15, -0.1) is 0 Å². The summed E-state index contributed by atoms with van der Waals surface area (Å²) in [7, 11) is 0. The van der Waals surface area contributed by atoms with Crippen molar-refractivity contribution in [1.82, 2.24) is 0 Å². The Morgan fingerprint density at radius 2 is 1.32 bits per heavy atom. The molecule has 0 spiro atoms. The van der Waals surface area contributed by atoms with Crippen LogP contribution in [0.1, 0.15) is 0 Å². The summed E-state index contributed by atoms with van der Waals surface area (Å²) in [6.07, 6.45) is 5.12. The Morgan fingerprint density at radius 1 is 0.579 bits per heavy atom. The van der Waals surface area contributed by atoms with Gasteiger partial charge < -0.3 is 13.3 Å². The van der Waals surface area contributed by atoms with Crippen LogP contribution in [0.3, 0.4) is 0 Å². The number of hydrogen-bond donors (Lipinski definition) is 0. The molecule has 0 saturated carbocycles. The second kappa shape index (κ2) is 3.01. The third kappa shape index (κ3) is 1.03. The summed E-state index contributed by atoms with van der Waals surface area (Å²) in [4.78, 5) is 0. The Hall–Kier alpha value is -2.68. The molecule has 0 N–H and O–H groups in total. The fraction of sp³-hybridized carbons (Fsp3) is 0. The van der Waals surface area contributed by atoms with Crippen LogP contribution < -0.4 is 0 Å². The average Bonchev–Trinajstić information content (AvgIpc) is 3.15. The van der Waals surface area contributed by atoms with Gasteiger partial charge in [-0.25, -0.2) is 0 Å². The first kappa shape index (κ1) is 9.28. The van der Waals surface area contributed by atoms with Crippen molar-refractivity contribution in [2.24, 2.45) is 0 Å². The van der Waals surface area contributed by atoms with E-state index in [-0.39, 0.29) is 0 Å². The van der Waals surface area contributed by atoms with Crippen LogP contribution in [-0.2, 0) is 0 Å². The quantitative estimate of drug-likeness (QED) is 0.383. The molecule has 5 aromatic rings. The highest BCUT2D eigenvalue weighted by Gasteiger charge is 2.14. The van der Waals surface area contributed by atoms with E-state index in [1.165, 1.54) is 0 Å². The van der Waals surface area contributed by atoms with Crippen molar-refractivity contribution < 1.29 is 13.3 Å². The number of rotatable bonds is 0. The zero-order chi connectivity index (χ0) is 12.4. The Kier molecular flexibility index (Phi) is 1.47. The van der Waals surface area contributed by atoms with Gasteiger partial charge in [-0.2, -0.15) is 0 Å². The van der Waals surface area contributed by atoms with Crippen LogP contribution in [0.5, 0.6) is 0 Å². The molecule has 0 aliphatic rings. The van der Waals surface area contributed by atoms with Crippen molar-refractivity contribution in [3.8, 4) is 0 Å². The third-order valence-corrected chi connectivity index (χ3v) is 3.70. The molecule has 0 aliphatic heterocycles. The van der Waals surface area contributed by atoms with Gasteiger partial charge >= 0.3 is 0 Å². The van der Waals surface area contributed by atoms with Gasteiger partial charge in [-0.1, -0.05) is 0 Å². The topological polar surface area (TPSA) is 39.4 Å². The van der Waals surface area contributed by atoms with Gasteiger partial charge in [-0.3, -0.25) is 0 Å². The molecule has 0 saturated heterocycles. The van der Waals surface area contributed by atoms with Crippen LogP contribution in [0.25, 0.3) is 43.7 Å². The van der Waals surface area contributed by atoms with Crippen molar-refractivity contribution in [3.63, 3.8) is 0 Å². The summed E-state index contributed by atoms with van der Waals surface area (Å²) in [6, 6.07) is 10.0. The maximum absolute atomic E-state index is 5.64. The largest absolute Gasteiger partial charge is 0.464 e. The summed E-state index contributed by atoms with van der Waals surface area (Å²) in [5.74, 6) is 0. The van der Waals surface area contributed by atoms with Crippen LogP contribution in [-0.4, -0.2) is 0 Å². The minimum absolute atomic E-state index is 0.862. The van der Waals surface area contributed by atoms with Gasteiger partial charge in [0.05, 0.1) is 24.2 Å². The highest BCUT2D eigenvalue weighted by molar-refractivity contribution is 6.23. The van der Waals surface area contributed by atoms with E-state index in [9.17, 15) is 0 Å². The van der Waals surface area contributed by atoms with Crippen molar-refractivity contribution in [2.75, 3.05) is 0 Å². The van der Waals surface area contributed by atoms with E-state index < -0.39 is 0 Å². The molecule has 0 unspecified atom stereocenters. The molecule has 3 heteroatoms. The zero-order valence-electron chi connectivity index (χ0n) is 9.84. The summed E-state index contributed by atoms with van der Waals surface area (Å²) in [6.45, 7) is 0. The van der Waals surface area contributed by atoms with E-state index in [2.05, 4.69) is 6.07 Å². The molecule has 19 heavy (non-hydrogen) atoms. The lowest BCUT2D eigenvalue weighted by Crippen LogP contribution is -1.77. The molecule has 3 heterocycles. The molecule has 0 bridgehead atoms. The van der Waals surface area contributed by atoms with Crippen LogP contribution in [0.2, 0.25) is 0 Å². The highest BCUT2D eigenvalue weighted by Crippen LogP contribution is 2.38. The molecule has 0 amide bonds. The lowest BCUT2D eigenvalue weighted by Gasteiger charge is -2.01. The summed E-state index contributed by atoms with van der Waals surface area (Å²) in [5, 5.41) is 5.35. The molecular formula is C16H8O3.